The molecule has 162 valence electrons. The average molecular weight is 428 g/mol. The molecule has 3 aromatic heterocycles. The van der Waals surface area contributed by atoms with Crippen molar-refractivity contribution in [3.63, 3.8) is 0 Å². The summed E-state index contributed by atoms with van der Waals surface area (Å²) in [5.41, 5.74) is 11.6. The molecule has 4 N–H and O–H groups in total. The molecule has 4 aromatic rings. The van der Waals surface area contributed by atoms with Crippen molar-refractivity contribution < 1.29 is 4.79 Å². The number of aromatic nitrogens is 4. The molecule has 0 fully saturated rings. The highest BCUT2D eigenvalue weighted by Crippen LogP contribution is 2.30. The Morgan fingerprint density at radius 2 is 1.91 bits per heavy atom. The van der Waals surface area contributed by atoms with E-state index in [4.69, 9.17) is 15.7 Å². The molecule has 8 heteroatoms. The van der Waals surface area contributed by atoms with E-state index in [1.807, 2.05) is 37.3 Å². The molecule has 0 saturated carbocycles. The highest BCUT2D eigenvalue weighted by Gasteiger charge is 2.22. The average Bonchev–Trinajstić information content (AvgIpc) is 2.96. The lowest BCUT2D eigenvalue weighted by molar-refractivity contribution is 0.0993. The van der Waals surface area contributed by atoms with Crippen LogP contribution in [0.4, 0.5) is 5.82 Å². The molecule has 32 heavy (non-hydrogen) atoms. The molecule has 1 aliphatic heterocycles. The molecule has 0 atom stereocenters. The van der Waals surface area contributed by atoms with Crippen molar-refractivity contribution >= 4 is 17.2 Å². The summed E-state index contributed by atoms with van der Waals surface area (Å²) < 4.78 is 1.58. The van der Waals surface area contributed by atoms with Crippen LogP contribution in [-0.2, 0) is 19.4 Å². The predicted octanol–water partition coefficient (Wildman–Crippen LogP) is 2.50. The van der Waals surface area contributed by atoms with Crippen LogP contribution in [-0.4, -0.2) is 38.6 Å². The summed E-state index contributed by atoms with van der Waals surface area (Å²) in [6, 6.07) is 15.7. The van der Waals surface area contributed by atoms with Crippen LogP contribution in [0.15, 0.2) is 48.5 Å². The first-order valence-electron chi connectivity index (χ1n) is 10.8. The van der Waals surface area contributed by atoms with Crippen molar-refractivity contribution in [2.75, 3.05) is 18.4 Å². The molecular weight excluding hydrogens is 402 g/mol. The number of benzene rings is 1. The standard InChI is InChI=1S/C24H25N7O/c1-15-21(19-8-5-9-20(22(25)32)31(19)30-15)24-28-18-11-13-26-12-10-17(18)23(29-24)27-14-16-6-3-2-4-7-16/h2-9,26H,10-14H2,1H3,(H2,25,32)(H,27,28,29). The van der Waals surface area contributed by atoms with Crippen LogP contribution in [0.1, 0.15) is 33.0 Å². The lowest BCUT2D eigenvalue weighted by Gasteiger charge is -2.15. The maximum absolute atomic E-state index is 11.9. The van der Waals surface area contributed by atoms with E-state index in [0.717, 1.165) is 59.8 Å². The molecule has 0 aliphatic carbocycles. The summed E-state index contributed by atoms with van der Waals surface area (Å²) in [5.74, 6) is 0.932. The monoisotopic (exact) mass is 427 g/mol. The minimum atomic E-state index is -0.524. The van der Waals surface area contributed by atoms with Gasteiger partial charge in [0.15, 0.2) is 5.82 Å². The van der Waals surface area contributed by atoms with Crippen molar-refractivity contribution in [1.29, 1.82) is 0 Å². The molecule has 0 saturated heterocycles. The number of nitrogens with one attached hydrogen (secondary N) is 2. The maximum Gasteiger partial charge on any atom is 0.267 e. The number of aryl methyl sites for hydroxylation is 1. The third-order valence-electron chi connectivity index (χ3n) is 5.79. The second-order valence-corrected chi connectivity index (χ2v) is 7.94. The molecule has 0 spiro atoms. The van der Waals surface area contributed by atoms with Crippen LogP contribution >= 0.6 is 0 Å². The fraction of sp³-hybridized carbons (Fsp3) is 0.250. The summed E-state index contributed by atoms with van der Waals surface area (Å²) >= 11 is 0. The Morgan fingerprint density at radius 1 is 1.09 bits per heavy atom. The van der Waals surface area contributed by atoms with Crippen LogP contribution in [0.3, 0.4) is 0 Å². The zero-order chi connectivity index (χ0) is 22.1. The fourth-order valence-corrected chi connectivity index (χ4v) is 4.23. The number of nitrogens with two attached hydrogens (primary N) is 1. The van der Waals surface area contributed by atoms with Gasteiger partial charge >= 0.3 is 0 Å². The van der Waals surface area contributed by atoms with Gasteiger partial charge in [-0.05, 0) is 37.6 Å². The van der Waals surface area contributed by atoms with Gasteiger partial charge in [0.25, 0.3) is 5.91 Å². The molecule has 1 aromatic carbocycles. The van der Waals surface area contributed by atoms with E-state index < -0.39 is 5.91 Å². The second kappa shape index (κ2) is 8.39. The molecule has 4 heterocycles. The predicted molar refractivity (Wildman–Crippen MR) is 124 cm³/mol. The van der Waals surface area contributed by atoms with Gasteiger partial charge in [0.1, 0.15) is 11.5 Å². The van der Waals surface area contributed by atoms with Gasteiger partial charge in [0, 0.05) is 25.1 Å². The number of hydrogen-bond acceptors (Lipinski definition) is 6. The number of nitrogens with zero attached hydrogens (tertiary/aromatic N) is 4. The summed E-state index contributed by atoms with van der Waals surface area (Å²) in [4.78, 5) is 21.8. The van der Waals surface area contributed by atoms with Gasteiger partial charge in [0.05, 0.1) is 22.5 Å². The van der Waals surface area contributed by atoms with E-state index in [1.165, 1.54) is 5.56 Å². The number of amides is 1. The minimum Gasteiger partial charge on any atom is -0.366 e. The summed E-state index contributed by atoms with van der Waals surface area (Å²) in [7, 11) is 0. The largest absolute Gasteiger partial charge is 0.366 e. The van der Waals surface area contributed by atoms with Gasteiger partial charge in [-0.3, -0.25) is 4.79 Å². The quantitative estimate of drug-likeness (QED) is 0.451. The first-order chi connectivity index (χ1) is 15.6. The molecule has 1 amide bonds. The first-order valence-corrected chi connectivity index (χ1v) is 10.8. The van der Waals surface area contributed by atoms with Crippen molar-refractivity contribution in [2.24, 2.45) is 5.73 Å². The number of hydrogen-bond donors (Lipinski definition) is 3. The van der Waals surface area contributed by atoms with Crippen LogP contribution in [0.5, 0.6) is 0 Å². The van der Waals surface area contributed by atoms with Gasteiger partial charge in [0.2, 0.25) is 0 Å². The Hall–Kier alpha value is -3.78. The van der Waals surface area contributed by atoms with E-state index in [1.54, 1.807) is 10.6 Å². The smallest absolute Gasteiger partial charge is 0.267 e. The van der Waals surface area contributed by atoms with Crippen LogP contribution in [0.2, 0.25) is 0 Å². The Morgan fingerprint density at radius 3 is 2.72 bits per heavy atom. The first kappa shape index (κ1) is 20.1. The van der Waals surface area contributed by atoms with Crippen molar-refractivity contribution in [3.8, 4) is 11.4 Å². The SMILES string of the molecule is Cc1nn2c(C(N)=O)cccc2c1-c1nc2c(c(NCc3ccccc3)n1)CCNCC2. The Balaban J connectivity index is 1.63. The summed E-state index contributed by atoms with van der Waals surface area (Å²) in [6.45, 7) is 4.35. The molecule has 1 aliphatic rings. The van der Waals surface area contributed by atoms with Crippen molar-refractivity contribution in [1.82, 2.24) is 24.9 Å². The van der Waals surface area contributed by atoms with Crippen LogP contribution in [0.25, 0.3) is 16.9 Å². The number of anilines is 1. The van der Waals surface area contributed by atoms with Gasteiger partial charge in [-0.1, -0.05) is 36.4 Å². The molecule has 8 nitrogen and oxygen atoms in total. The molecule has 0 unspecified atom stereocenters. The van der Waals surface area contributed by atoms with Crippen LogP contribution < -0.4 is 16.4 Å². The highest BCUT2D eigenvalue weighted by molar-refractivity contribution is 5.93. The third kappa shape index (κ3) is 3.69. The zero-order valence-corrected chi connectivity index (χ0v) is 17.9. The maximum atomic E-state index is 11.9. The fourth-order valence-electron chi connectivity index (χ4n) is 4.23. The van der Waals surface area contributed by atoms with Crippen molar-refractivity contribution in [3.05, 3.63) is 76.7 Å². The Kier molecular flexibility index (Phi) is 5.28. The summed E-state index contributed by atoms with van der Waals surface area (Å²) in [6.07, 6.45) is 1.70. The third-order valence-corrected chi connectivity index (χ3v) is 5.79. The minimum absolute atomic E-state index is 0.332. The van der Waals surface area contributed by atoms with Gasteiger partial charge in [-0.2, -0.15) is 5.10 Å². The number of primary amides is 1. The van der Waals surface area contributed by atoms with Gasteiger partial charge < -0.3 is 16.4 Å². The molecule has 5 rings (SSSR count). The Labute approximate surface area is 185 Å². The lowest BCUT2D eigenvalue weighted by Crippen LogP contribution is -2.16. The zero-order valence-electron chi connectivity index (χ0n) is 17.9. The Bertz CT molecular complexity index is 1300. The van der Waals surface area contributed by atoms with E-state index in [2.05, 4.69) is 27.9 Å². The molecule has 0 radical (unpaired) electrons. The van der Waals surface area contributed by atoms with Crippen molar-refractivity contribution in [2.45, 2.75) is 26.3 Å². The van der Waals surface area contributed by atoms with E-state index in [0.29, 0.717) is 18.1 Å². The highest BCUT2D eigenvalue weighted by atomic mass is 16.1. The van der Waals surface area contributed by atoms with E-state index >= 15 is 0 Å². The van der Waals surface area contributed by atoms with E-state index in [9.17, 15) is 4.79 Å². The number of pyridine rings is 1. The molecule has 0 bridgehead atoms. The van der Waals surface area contributed by atoms with E-state index in [-0.39, 0.29) is 0 Å². The lowest BCUT2D eigenvalue weighted by atomic mass is 10.1. The molecular formula is C24H25N7O. The number of rotatable bonds is 5. The number of fused-ring (bicyclic) bond motifs is 2. The normalized spacial score (nSPS) is 13.5. The van der Waals surface area contributed by atoms with Gasteiger partial charge in [-0.15, -0.1) is 0 Å². The number of carbonyl (C=O) groups excluding carboxylic acids is 1. The number of carbonyl (C=O) groups is 1. The van der Waals surface area contributed by atoms with Crippen LogP contribution in [0, 0.1) is 6.92 Å². The van der Waals surface area contributed by atoms with Gasteiger partial charge in [-0.25, -0.2) is 14.5 Å². The summed E-state index contributed by atoms with van der Waals surface area (Å²) in [5, 5.41) is 11.6. The topological polar surface area (TPSA) is 110 Å². The second-order valence-electron chi connectivity index (χ2n) is 7.94.